The minimum Gasteiger partial charge on any atom is -0.374 e. The van der Waals surface area contributed by atoms with Crippen LogP contribution in [0.15, 0.2) is 0 Å². The van der Waals surface area contributed by atoms with E-state index in [2.05, 4.69) is 0 Å². The largest absolute Gasteiger partial charge is 0.374 e. The highest BCUT2D eigenvalue weighted by Gasteiger charge is 2.43. The van der Waals surface area contributed by atoms with Crippen molar-refractivity contribution in [3.05, 3.63) is 0 Å². The van der Waals surface area contributed by atoms with Gasteiger partial charge in [-0.05, 0) is 0 Å². The molecule has 0 spiro atoms. The van der Waals surface area contributed by atoms with Crippen molar-refractivity contribution in [2.24, 2.45) is 0 Å². The van der Waals surface area contributed by atoms with E-state index >= 15 is 0 Å². The molecular weight excluding hydrogens is 232 g/mol. The van der Waals surface area contributed by atoms with Crippen LogP contribution in [-0.2, 0) is 19.6 Å². The zero-order valence-electron chi connectivity index (χ0n) is 9.42. The number of fused-ring (bicyclic) bond motifs is 1. The number of likely N-dealkylation sites (tertiary alicyclic amines) is 1. The third-order valence-electron chi connectivity index (χ3n) is 3.26. The lowest BCUT2D eigenvalue weighted by atomic mass is 10.2. The molecule has 0 aromatic rings. The molecule has 2 atom stereocenters. The summed E-state index contributed by atoms with van der Waals surface area (Å²) in [6.45, 7) is 2.61. The van der Waals surface area contributed by atoms with Crippen molar-refractivity contribution in [1.29, 1.82) is 0 Å². The van der Waals surface area contributed by atoms with Crippen LogP contribution in [0.2, 0.25) is 0 Å². The van der Waals surface area contributed by atoms with Crippen molar-refractivity contribution in [2.45, 2.75) is 19.1 Å². The summed E-state index contributed by atoms with van der Waals surface area (Å²) in [5.41, 5.74) is 0. The summed E-state index contributed by atoms with van der Waals surface area (Å²) in [5, 5.41) is 0. The summed E-state index contributed by atoms with van der Waals surface area (Å²) in [6.07, 6.45) is -0.189. The zero-order chi connectivity index (χ0) is 11.9. The highest BCUT2D eigenvalue weighted by atomic mass is 32.2. The molecule has 16 heavy (non-hydrogen) atoms. The van der Waals surface area contributed by atoms with Gasteiger partial charge in [-0.1, -0.05) is 0 Å². The third kappa shape index (κ3) is 1.94. The number of carbonyl (C=O) groups excluding carboxylic acids is 1. The van der Waals surface area contributed by atoms with Gasteiger partial charge in [0.1, 0.15) is 0 Å². The predicted octanol–water partition coefficient (Wildman–Crippen LogP) is -1.12. The second-order valence-corrected chi connectivity index (χ2v) is 6.38. The second kappa shape index (κ2) is 3.97. The molecule has 0 radical (unpaired) electrons. The van der Waals surface area contributed by atoms with E-state index in [-0.39, 0.29) is 30.4 Å². The summed E-state index contributed by atoms with van der Waals surface area (Å²) >= 11 is 0. The number of ether oxygens (including phenoxy) is 1. The van der Waals surface area contributed by atoms with Crippen molar-refractivity contribution in [3.8, 4) is 0 Å². The number of sulfonamides is 1. The fourth-order valence-corrected chi connectivity index (χ4v) is 3.39. The molecule has 2 saturated heterocycles. The van der Waals surface area contributed by atoms with Gasteiger partial charge in [-0.2, -0.15) is 4.31 Å². The van der Waals surface area contributed by atoms with Gasteiger partial charge in [0.15, 0.2) is 0 Å². The molecule has 0 unspecified atom stereocenters. The molecule has 1 amide bonds. The number of hydrogen-bond donors (Lipinski definition) is 0. The molecule has 0 aliphatic carbocycles. The summed E-state index contributed by atoms with van der Waals surface area (Å²) < 4.78 is 30.4. The van der Waals surface area contributed by atoms with E-state index in [1.165, 1.54) is 11.2 Å². The standard InChI is InChI=1S/C9H16N2O4S/c1-7(12)11-5-8-9(6-11)15-3-4-16(13,14)10(8)2/h8-9H,3-6H2,1-2H3/t8-,9+/m1/s1. The van der Waals surface area contributed by atoms with Crippen molar-refractivity contribution in [3.63, 3.8) is 0 Å². The molecule has 2 rings (SSSR count). The molecule has 7 heteroatoms. The summed E-state index contributed by atoms with van der Waals surface area (Å²) in [5.74, 6) is -0.0150. The van der Waals surface area contributed by atoms with Gasteiger partial charge in [0.25, 0.3) is 0 Å². The van der Waals surface area contributed by atoms with Crippen LogP contribution in [0.3, 0.4) is 0 Å². The fraction of sp³-hybridized carbons (Fsp3) is 0.889. The Morgan fingerprint density at radius 1 is 1.38 bits per heavy atom. The normalized spacial score (nSPS) is 34.5. The zero-order valence-corrected chi connectivity index (χ0v) is 10.2. The Bertz CT molecular complexity index is 394. The number of rotatable bonds is 0. The lowest BCUT2D eigenvalue weighted by Gasteiger charge is -2.23. The van der Waals surface area contributed by atoms with Crippen LogP contribution in [0.5, 0.6) is 0 Å². The number of carbonyl (C=O) groups is 1. The van der Waals surface area contributed by atoms with Crippen molar-refractivity contribution >= 4 is 15.9 Å². The Kier molecular flexibility index (Phi) is 2.93. The van der Waals surface area contributed by atoms with Crippen LogP contribution >= 0.6 is 0 Å². The maximum Gasteiger partial charge on any atom is 0.219 e. The molecule has 92 valence electrons. The minimum absolute atomic E-state index is 0.0244. The maximum atomic E-state index is 11.8. The van der Waals surface area contributed by atoms with Crippen LogP contribution in [0, 0.1) is 0 Å². The summed E-state index contributed by atoms with van der Waals surface area (Å²) in [4.78, 5) is 12.9. The third-order valence-corrected chi connectivity index (χ3v) is 5.09. The summed E-state index contributed by atoms with van der Waals surface area (Å²) in [7, 11) is -1.67. The molecule has 2 fully saturated rings. The highest BCUT2D eigenvalue weighted by molar-refractivity contribution is 7.89. The minimum atomic E-state index is -3.23. The van der Waals surface area contributed by atoms with E-state index in [0.717, 1.165) is 0 Å². The molecule has 0 saturated carbocycles. The fourth-order valence-electron chi connectivity index (χ4n) is 2.18. The van der Waals surface area contributed by atoms with Crippen molar-refractivity contribution in [1.82, 2.24) is 9.21 Å². The van der Waals surface area contributed by atoms with E-state index in [1.807, 2.05) is 0 Å². The van der Waals surface area contributed by atoms with Crippen LogP contribution in [0.4, 0.5) is 0 Å². The van der Waals surface area contributed by atoms with Crippen LogP contribution in [0.25, 0.3) is 0 Å². The van der Waals surface area contributed by atoms with Gasteiger partial charge >= 0.3 is 0 Å². The first kappa shape index (κ1) is 11.8. The Hall–Kier alpha value is -0.660. The quantitative estimate of drug-likeness (QED) is 0.544. The van der Waals surface area contributed by atoms with Crippen LogP contribution < -0.4 is 0 Å². The van der Waals surface area contributed by atoms with Gasteiger partial charge in [0.2, 0.25) is 15.9 Å². The first-order chi connectivity index (χ1) is 7.42. The van der Waals surface area contributed by atoms with Gasteiger partial charge in [-0.15, -0.1) is 0 Å². The lowest BCUT2D eigenvalue weighted by Crippen LogP contribution is -2.43. The molecular formula is C9H16N2O4S. The van der Waals surface area contributed by atoms with E-state index in [1.54, 1.807) is 11.9 Å². The first-order valence-corrected chi connectivity index (χ1v) is 6.85. The molecule has 0 aromatic carbocycles. The van der Waals surface area contributed by atoms with Gasteiger partial charge in [0, 0.05) is 27.1 Å². The van der Waals surface area contributed by atoms with Gasteiger partial charge < -0.3 is 9.64 Å². The number of likely N-dealkylation sites (N-methyl/N-ethyl adjacent to an activating group) is 1. The van der Waals surface area contributed by atoms with E-state index < -0.39 is 10.0 Å². The molecule has 6 nitrogen and oxygen atoms in total. The van der Waals surface area contributed by atoms with E-state index in [9.17, 15) is 13.2 Å². The molecule has 2 heterocycles. The molecule has 0 aromatic heterocycles. The first-order valence-electron chi connectivity index (χ1n) is 5.24. The predicted molar refractivity (Wildman–Crippen MR) is 57.3 cm³/mol. The Morgan fingerprint density at radius 2 is 2.06 bits per heavy atom. The van der Waals surface area contributed by atoms with Gasteiger partial charge in [-0.3, -0.25) is 4.79 Å². The number of hydrogen-bond acceptors (Lipinski definition) is 4. The van der Waals surface area contributed by atoms with Gasteiger partial charge in [0.05, 0.1) is 24.5 Å². The monoisotopic (exact) mass is 248 g/mol. The molecule has 2 aliphatic heterocycles. The van der Waals surface area contributed by atoms with E-state index in [0.29, 0.717) is 13.1 Å². The molecule has 0 N–H and O–H groups in total. The molecule has 2 aliphatic rings. The second-order valence-electron chi connectivity index (χ2n) is 4.23. The highest BCUT2D eigenvalue weighted by Crippen LogP contribution is 2.23. The topological polar surface area (TPSA) is 66.9 Å². The average molecular weight is 248 g/mol. The Labute approximate surface area is 95.2 Å². The van der Waals surface area contributed by atoms with Crippen LogP contribution in [-0.4, -0.2) is 68.2 Å². The lowest BCUT2D eigenvalue weighted by molar-refractivity contribution is -0.128. The SMILES string of the molecule is CC(=O)N1C[C@@H]2OCCS(=O)(=O)N(C)[C@@H]2C1. The average Bonchev–Trinajstić information content (AvgIpc) is 2.56. The number of nitrogens with zero attached hydrogens (tertiary/aromatic N) is 2. The van der Waals surface area contributed by atoms with Crippen LogP contribution in [0.1, 0.15) is 6.92 Å². The Morgan fingerprint density at radius 3 is 2.69 bits per heavy atom. The van der Waals surface area contributed by atoms with Gasteiger partial charge in [-0.25, -0.2) is 8.42 Å². The summed E-state index contributed by atoms with van der Waals surface area (Å²) in [6, 6.07) is -0.239. The van der Waals surface area contributed by atoms with Crippen molar-refractivity contribution in [2.75, 3.05) is 32.5 Å². The maximum absolute atomic E-state index is 11.8. The van der Waals surface area contributed by atoms with E-state index in [4.69, 9.17) is 4.74 Å². The molecule has 0 bridgehead atoms. The van der Waals surface area contributed by atoms with Crippen molar-refractivity contribution < 1.29 is 17.9 Å². The smallest absolute Gasteiger partial charge is 0.219 e. The Balaban J connectivity index is 2.21. The number of amides is 1.